The van der Waals surface area contributed by atoms with Gasteiger partial charge in [0.2, 0.25) is 0 Å². The van der Waals surface area contributed by atoms with E-state index in [0.717, 1.165) is 36.5 Å². The van der Waals surface area contributed by atoms with Crippen molar-refractivity contribution in [2.24, 2.45) is 0 Å². The third kappa shape index (κ3) is 5.03. The van der Waals surface area contributed by atoms with Gasteiger partial charge in [0.05, 0.1) is 0 Å². The summed E-state index contributed by atoms with van der Waals surface area (Å²) in [6, 6.07) is 12.7. The number of rotatable bonds is 4. The minimum absolute atomic E-state index is 0.327. The van der Waals surface area contributed by atoms with E-state index in [4.69, 9.17) is 4.74 Å². The fourth-order valence-corrected chi connectivity index (χ4v) is 3.69. The lowest BCUT2D eigenvalue weighted by Gasteiger charge is -2.28. The van der Waals surface area contributed by atoms with Crippen LogP contribution >= 0.6 is 0 Å². The van der Waals surface area contributed by atoms with Crippen LogP contribution in [0.1, 0.15) is 56.4 Å². The Hall–Kier alpha value is -2.56. The van der Waals surface area contributed by atoms with E-state index in [2.05, 4.69) is 33.4 Å². The molecule has 1 N–H and O–H groups in total. The van der Waals surface area contributed by atoms with Gasteiger partial charge in [0.25, 0.3) is 0 Å². The molecule has 0 fully saturated rings. The van der Waals surface area contributed by atoms with Crippen molar-refractivity contribution < 1.29 is 9.53 Å². The highest BCUT2D eigenvalue weighted by Crippen LogP contribution is 2.34. The topological polar surface area (TPSA) is 54.5 Å². The van der Waals surface area contributed by atoms with E-state index in [1.54, 1.807) is 0 Å². The van der Waals surface area contributed by atoms with Crippen LogP contribution in [0.2, 0.25) is 0 Å². The molecule has 0 aliphatic heterocycles. The molecular weight excluding hydrogens is 350 g/mol. The Morgan fingerprint density at radius 3 is 2.79 bits per heavy atom. The molecular formula is C23H31N3O2. The van der Waals surface area contributed by atoms with Crippen molar-refractivity contribution in [1.29, 1.82) is 0 Å². The van der Waals surface area contributed by atoms with Gasteiger partial charge in [-0.05, 0) is 82.3 Å². The molecule has 0 saturated heterocycles. The van der Waals surface area contributed by atoms with E-state index < -0.39 is 5.60 Å². The monoisotopic (exact) mass is 381 g/mol. The maximum Gasteiger partial charge on any atom is 0.407 e. The molecule has 0 saturated carbocycles. The number of hydrogen-bond acceptors (Lipinski definition) is 4. The minimum Gasteiger partial charge on any atom is -0.444 e. The van der Waals surface area contributed by atoms with Crippen LogP contribution in [0.3, 0.4) is 0 Å². The third-order valence-corrected chi connectivity index (χ3v) is 5.06. The molecule has 1 aliphatic rings. The van der Waals surface area contributed by atoms with Crippen LogP contribution in [0.4, 0.5) is 16.3 Å². The van der Waals surface area contributed by atoms with Crippen molar-refractivity contribution in [3.05, 3.63) is 53.2 Å². The number of pyridine rings is 1. The predicted molar refractivity (Wildman–Crippen MR) is 113 cm³/mol. The smallest absolute Gasteiger partial charge is 0.407 e. The Morgan fingerprint density at radius 1 is 1.29 bits per heavy atom. The molecule has 1 atom stereocenters. The van der Waals surface area contributed by atoms with Crippen molar-refractivity contribution >= 4 is 17.6 Å². The molecule has 1 aromatic heterocycles. The first-order valence-electron chi connectivity index (χ1n) is 10.00. The zero-order valence-electron chi connectivity index (χ0n) is 17.6. The zero-order chi connectivity index (χ0) is 20.3. The van der Waals surface area contributed by atoms with Crippen LogP contribution in [-0.4, -0.2) is 30.3 Å². The van der Waals surface area contributed by atoms with Crippen LogP contribution in [0.25, 0.3) is 0 Å². The number of hydrogen-bond donors (Lipinski definition) is 1. The second-order valence-corrected chi connectivity index (χ2v) is 8.55. The van der Waals surface area contributed by atoms with E-state index >= 15 is 0 Å². The van der Waals surface area contributed by atoms with Gasteiger partial charge in [-0.2, -0.15) is 0 Å². The number of aryl methyl sites for hydroxylation is 2. The molecule has 5 heteroatoms. The number of ether oxygens (including phenoxy) is 1. The number of nitrogens with zero attached hydrogens (tertiary/aromatic N) is 2. The van der Waals surface area contributed by atoms with Gasteiger partial charge in [-0.1, -0.05) is 12.1 Å². The largest absolute Gasteiger partial charge is 0.444 e. The van der Waals surface area contributed by atoms with Crippen LogP contribution < -0.4 is 10.2 Å². The number of amides is 1. The van der Waals surface area contributed by atoms with Gasteiger partial charge in [0.1, 0.15) is 11.4 Å². The van der Waals surface area contributed by atoms with Gasteiger partial charge in [0, 0.05) is 30.9 Å². The molecule has 0 radical (unpaired) electrons. The van der Waals surface area contributed by atoms with Crippen molar-refractivity contribution in [3.8, 4) is 0 Å². The summed E-state index contributed by atoms with van der Waals surface area (Å²) in [5.74, 6) is 1.27. The first-order valence-corrected chi connectivity index (χ1v) is 10.00. The molecule has 1 aliphatic carbocycles. The maximum absolute atomic E-state index is 12.0. The fraction of sp³-hybridized carbons (Fsp3) is 0.478. The molecule has 3 rings (SSSR count). The highest BCUT2D eigenvalue weighted by molar-refractivity contribution is 5.68. The number of benzene rings is 1. The highest BCUT2D eigenvalue weighted by Gasteiger charge is 2.23. The summed E-state index contributed by atoms with van der Waals surface area (Å²) in [7, 11) is 2.05. The van der Waals surface area contributed by atoms with Gasteiger partial charge in [-0.3, -0.25) is 0 Å². The Labute approximate surface area is 168 Å². The molecule has 150 valence electrons. The Kier molecular flexibility index (Phi) is 5.92. The zero-order valence-corrected chi connectivity index (χ0v) is 17.6. The van der Waals surface area contributed by atoms with Gasteiger partial charge >= 0.3 is 6.09 Å². The fourth-order valence-electron chi connectivity index (χ4n) is 3.69. The summed E-state index contributed by atoms with van der Waals surface area (Å²) in [6.07, 6.45) is 2.93. The molecule has 28 heavy (non-hydrogen) atoms. The number of anilines is 2. The summed E-state index contributed by atoms with van der Waals surface area (Å²) in [6.45, 7) is 8.25. The maximum atomic E-state index is 12.0. The molecule has 1 heterocycles. The quantitative estimate of drug-likeness (QED) is 0.800. The number of aromatic nitrogens is 1. The molecule has 1 amide bonds. The Balaban J connectivity index is 1.72. The van der Waals surface area contributed by atoms with Gasteiger partial charge < -0.3 is 15.0 Å². The second-order valence-electron chi connectivity index (χ2n) is 8.55. The normalized spacial score (nSPS) is 16.2. The van der Waals surface area contributed by atoms with Crippen molar-refractivity contribution in [1.82, 2.24) is 10.3 Å². The molecule has 0 bridgehead atoms. The summed E-state index contributed by atoms with van der Waals surface area (Å²) in [5, 5.41) is 2.94. The number of nitrogens with one attached hydrogen (secondary N) is 1. The molecule has 2 aromatic rings. The molecule has 5 nitrogen and oxygen atoms in total. The SMILES string of the molecule is Cc1cccc(N(C)c2ccc3c(c2)CCC[C@H]3CNC(=O)OC(C)(C)C)n1. The standard InChI is InChI=1S/C23H31N3O2/c1-16-8-6-11-21(25-16)26(5)19-12-13-20-17(14-19)9-7-10-18(20)15-24-22(27)28-23(2,3)4/h6,8,11-14,18H,7,9-10,15H2,1-5H3,(H,24,27)/t18-/m0/s1. The lowest BCUT2D eigenvalue weighted by atomic mass is 9.82. The van der Waals surface area contributed by atoms with Crippen LogP contribution in [0.5, 0.6) is 0 Å². The number of carbonyl (C=O) groups is 1. The highest BCUT2D eigenvalue weighted by atomic mass is 16.6. The first kappa shape index (κ1) is 20.2. The van der Waals surface area contributed by atoms with E-state index in [-0.39, 0.29) is 6.09 Å². The van der Waals surface area contributed by atoms with Crippen LogP contribution in [0.15, 0.2) is 36.4 Å². The third-order valence-electron chi connectivity index (χ3n) is 5.06. The lowest BCUT2D eigenvalue weighted by Crippen LogP contribution is -2.35. The average Bonchev–Trinajstić information content (AvgIpc) is 2.64. The van der Waals surface area contributed by atoms with Crippen molar-refractivity contribution in [2.45, 2.75) is 58.5 Å². The number of alkyl carbamates (subject to hydrolysis) is 1. The molecule has 0 spiro atoms. The van der Waals surface area contributed by atoms with Gasteiger partial charge in [0.15, 0.2) is 0 Å². The van der Waals surface area contributed by atoms with Gasteiger partial charge in [-0.15, -0.1) is 0 Å². The van der Waals surface area contributed by atoms with E-state index in [1.165, 1.54) is 11.1 Å². The minimum atomic E-state index is -0.474. The van der Waals surface area contributed by atoms with Crippen LogP contribution in [-0.2, 0) is 11.2 Å². The summed E-state index contributed by atoms with van der Waals surface area (Å²) < 4.78 is 5.36. The average molecular weight is 382 g/mol. The van der Waals surface area contributed by atoms with Crippen LogP contribution in [0, 0.1) is 6.92 Å². The number of fused-ring (bicyclic) bond motifs is 1. The Bertz CT molecular complexity index is 842. The predicted octanol–water partition coefficient (Wildman–Crippen LogP) is 5.10. The summed E-state index contributed by atoms with van der Waals surface area (Å²) in [4.78, 5) is 18.7. The number of carbonyl (C=O) groups excluding carboxylic acids is 1. The molecule has 1 aromatic carbocycles. The van der Waals surface area contributed by atoms with Crippen molar-refractivity contribution in [2.75, 3.05) is 18.5 Å². The van der Waals surface area contributed by atoms with E-state index in [0.29, 0.717) is 12.5 Å². The van der Waals surface area contributed by atoms with Crippen molar-refractivity contribution in [3.63, 3.8) is 0 Å². The molecule has 0 unspecified atom stereocenters. The van der Waals surface area contributed by atoms with E-state index in [9.17, 15) is 4.79 Å². The summed E-state index contributed by atoms with van der Waals surface area (Å²) in [5.41, 5.74) is 4.36. The van der Waals surface area contributed by atoms with Gasteiger partial charge in [-0.25, -0.2) is 9.78 Å². The second kappa shape index (κ2) is 8.21. The lowest BCUT2D eigenvalue weighted by molar-refractivity contribution is 0.0523. The Morgan fingerprint density at radius 2 is 2.07 bits per heavy atom. The van der Waals surface area contributed by atoms with E-state index in [1.807, 2.05) is 52.9 Å². The first-order chi connectivity index (χ1) is 13.2. The summed E-state index contributed by atoms with van der Waals surface area (Å²) >= 11 is 0.